The van der Waals surface area contributed by atoms with Crippen LogP contribution in [0.2, 0.25) is 5.02 Å². The lowest BCUT2D eigenvalue weighted by Gasteiger charge is -2.35. The molecule has 0 spiro atoms. The average molecular weight is 300 g/mol. The summed E-state index contributed by atoms with van der Waals surface area (Å²) in [4.78, 5) is 17.6. The number of likely N-dealkylation sites (N-methyl/N-ethyl adjacent to an activating group) is 1. The Balaban J connectivity index is 2.06. The van der Waals surface area contributed by atoms with E-state index in [1.165, 1.54) is 17.2 Å². The Morgan fingerprint density at radius 3 is 2.85 bits per heavy atom. The number of carbonyl (C=O) groups is 1. The van der Waals surface area contributed by atoms with Gasteiger partial charge in [-0.3, -0.25) is 4.79 Å². The minimum absolute atomic E-state index is 0.189. The van der Waals surface area contributed by atoms with E-state index in [-0.39, 0.29) is 23.3 Å². The molecule has 0 bridgehead atoms. The lowest BCUT2D eigenvalue weighted by atomic mass is 9.94. The SMILES string of the molecule is CN(CC1(O)CCOCC1)C(=O)c1cnc(N)c(Cl)c1. The van der Waals surface area contributed by atoms with Crippen molar-refractivity contribution in [2.75, 3.05) is 32.5 Å². The molecule has 0 aromatic carbocycles. The summed E-state index contributed by atoms with van der Waals surface area (Å²) in [5, 5.41) is 10.6. The van der Waals surface area contributed by atoms with Gasteiger partial charge in [-0.2, -0.15) is 0 Å². The predicted octanol–water partition coefficient (Wildman–Crippen LogP) is 0.931. The van der Waals surface area contributed by atoms with E-state index < -0.39 is 5.60 Å². The summed E-state index contributed by atoms with van der Waals surface area (Å²) in [6.07, 6.45) is 2.42. The maximum atomic E-state index is 12.3. The number of halogens is 1. The number of aliphatic hydroxyl groups is 1. The highest BCUT2D eigenvalue weighted by molar-refractivity contribution is 6.33. The third-order valence-electron chi connectivity index (χ3n) is 3.42. The van der Waals surface area contributed by atoms with Gasteiger partial charge < -0.3 is 20.5 Å². The molecule has 0 saturated carbocycles. The van der Waals surface area contributed by atoms with E-state index in [4.69, 9.17) is 22.1 Å². The van der Waals surface area contributed by atoms with Crippen LogP contribution in [0.5, 0.6) is 0 Å². The molecule has 1 amide bonds. The fourth-order valence-electron chi connectivity index (χ4n) is 2.21. The van der Waals surface area contributed by atoms with Crippen LogP contribution >= 0.6 is 11.6 Å². The number of carbonyl (C=O) groups excluding carboxylic acids is 1. The zero-order chi connectivity index (χ0) is 14.8. The number of hydrogen-bond acceptors (Lipinski definition) is 5. The fourth-order valence-corrected chi connectivity index (χ4v) is 2.37. The molecule has 0 radical (unpaired) electrons. The van der Waals surface area contributed by atoms with Gasteiger partial charge in [0.1, 0.15) is 5.82 Å². The number of rotatable bonds is 3. The van der Waals surface area contributed by atoms with E-state index in [0.717, 1.165) is 0 Å². The summed E-state index contributed by atoms with van der Waals surface area (Å²) in [6, 6.07) is 1.48. The zero-order valence-electron chi connectivity index (χ0n) is 11.3. The first kappa shape index (κ1) is 15.0. The maximum Gasteiger partial charge on any atom is 0.255 e. The summed E-state index contributed by atoms with van der Waals surface area (Å²) >= 11 is 5.86. The van der Waals surface area contributed by atoms with Gasteiger partial charge in [0.25, 0.3) is 5.91 Å². The van der Waals surface area contributed by atoms with Crippen molar-refractivity contribution in [1.82, 2.24) is 9.88 Å². The van der Waals surface area contributed by atoms with Gasteiger partial charge in [-0.05, 0) is 6.07 Å². The molecular formula is C13H18ClN3O3. The van der Waals surface area contributed by atoms with Gasteiger partial charge >= 0.3 is 0 Å². The normalized spacial score (nSPS) is 17.8. The molecule has 1 aromatic rings. The molecule has 1 aliphatic heterocycles. The van der Waals surface area contributed by atoms with E-state index in [0.29, 0.717) is 31.6 Å². The van der Waals surface area contributed by atoms with Crippen molar-refractivity contribution in [3.05, 3.63) is 22.8 Å². The van der Waals surface area contributed by atoms with Crippen LogP contribution in [0.15, 0.2) is 12.3 Å². The number of nitrogens with zero attached hydrogens (tertiary/aromatic N) is 2. The first-order valence-corrected chi connectivity index (χ1v) is 6.76. The molecule has 0 aliphatic carbocycles. The quantitative estimate of drug-likeness (QED) is 0.867. The van der Waals surface area contributed by atoms with Crippen molar-refractivity contribution in [3.63, 3.8) is 0 Å². The van der Waals surface area contributed by atoms with E-state index in [1.54, 1.807) is 7.05 Å². The summed E-state index contributed by atoms with van der Waals surface area (Å²) in [6.45, 7) is 1.26. The van der Waals surface area contributed by atoms with Crippen LogP contribution in [0.1, 0.15) is 23.2 Å². The highest BCUT2D eigenvalue weighted by atomic mass is 35.5. The van der Waals surface area contributed by atoms with E-state index in [2.05, 4.69) is 4.98 Å². The van der Waals surface area contributed by atoms with Crippen LogP contribution < -0.4 is 5.73 Å². The van der Waals surface area contributed by atoms with Gasteiger partial charge in [0.05, 0.1) is 16.2 Å². The van der Waals surface area contributed by atoms with Gasteiger partial charge in [0.2, 0.25) is 0 Å². The third kappa shape index (κ3) is 3.39. The highest BCUT2D eigenvalue weighted by Gasteiger charge is 2.32. The number of anilines is 1. The van der Waals surface area contributed by atoms with Crippen molar-refractivity contribution in [2.24, 2.45) is 0 Å². The van der Waals surface area contributed by atoms with Crippen molar-refractivity contribution >= 4 is 23.3 Å². The lowest BCUT2D eigenvalue weighted by Crippen LogP contribution is -2.47. The van der Waals surface area contributed by atoms with Crippen molar-refractivity contribution in [3.8, 4) is 0 Å². The number of nitrogen functional groups attached to an aromatic ring is 1. The topological polar surface area (TPSA) is 88.7 Å². The number of nitrogens with two attached hydrogens (primary N) is 1. The smallest absolute Gasteiger partial charge is 0.255 e. The van der Waals surface area contributed by atoms with Crippen molar-refractivity contribution in [2.45, 2.75) is 18.4 Å². The molecule has 1 saturated heterocycles. The Bertz CT molecular complexity index is 504. The Hall–Kier alpha value is -1.37. The molecule has 1 aliphatic rings. The molecule has 20 heavy (non-hydrogen) atoms. The van der Waals surface area contributed by atoms with Crippen molar-refractivity contribution in [1.29, 1.82) is 0 Å². The second-order valence-corrected chi connectivity index (χ2v) is 5.50. The Kier molecular flexibility index (Phi) is 4.47. The largest absolute Gasteiger partial charge is 0.388 e. The molecule has 6 nitrogen and oxygen atoms in total. The van der Waals surface area contributed by atoms with E-state index in [9.17, 15) is 9.90 Å². The minimum atomic E-state index is -0.895. The minimum Gasteiger partial charge on any atom is -0.388 e. The molecule has 0 atom stereocenters. The second-order valence-electron chi connectivity index (χ2n) is 5.09. The van der Waals surface area contributed by atoms with Crippen LogP contribution in [0.25, 0.3) is 0 Å². The predicted molar refractivity (Wildman–Crippen MR) is 75.6 cm³/mol. The summed E-state index contributed by atoms with van der Waals surface area (Å²) in [5.41, 5.74) is 4.97. The molecule has 1 fully saturated rings. The van der Waals surface area contributed by atoms with Crippen LogP contribution in [0, 0.1) is 0 Å². The van der Waals surface area contributed by atoms with Gasteiger partial charge in [-0.15, -0.1) is 0 Å². The molecule has 0 unspecified atom stereocenters. The van der Waals surface area contributed by atoms with Gasteiger partial charge in [-0.25, -0.2) is 4.98 Å². The number of hydrogen-bond donors (Lipinski definition) is 2. The fraction of sp³-hybridized carbons (Fsp3) is 0.538. The third-order valence-corrected chi connectivity index (χ3v) is 3.72. The molecule has 2 heterocycles. The number of ether oxygens (including phenoxy) is 1. The second kappa shape index (κ2) is 5.95. The number of aromatic nitrogens is 1. The monoisotopic (exact) mass is 299 g/mol. The molecule has 110 valence electrons. The van der Waals surface area contributed by atoms with E-state index >= 15 is 0 Å². The maximum absolute atomic E-state index is 12.3. The van der Waals surface area contributed by atoms with Crippen molar-refractivity contribution < 1.29 is 14.6 Å². The lowest BCUT2D eigenvalue weighted by molar-refractivity contribution is -0.0734. The van der Waals surface area contributed by atoms with Crippen LogP contribution in [0.4, 0.5) is 5.82 Å². The number of pyridine rings is 1. The summed E-state index contributed by atoms with van der Waals surface area (Å²) in [7, 11) is 1.64. The first-order valence-electron chi connectivity index (χ1n) is 6.38. The molecular weight excluding hydrogens is 282 g/mol. The molecule has 3 N–H and O–H groups in total. The summed E-state index contributed by atoms with van der Waals surface area (Å²) < 4.78 is 5.22. The van der Waals surface area contributed by atoms with Crippen LogP contribution in [-0.2, 0) is 4.74 Å². The standard InChI is InChI=1S/C13H18ClN3O3/c1-17(8-13(19)2-4-20-5-3-13)12(18)9-6-10(14)11(15)16-7-9/h6-7,19H,2-5,8H2,1H3,(H2,15,16). The average Bonchev–Trinajstić information content (AvgIpc) is 2.41. The highest BCUT2D eigenvalue weighted by Crippen LogP contribution is 2.23. The van der Waals surface area contributed by atoms with E-state index in [1.807, 2.05) is 0 Å². The first-order chi connectivity index (χ1) is 9.41. The molecule has 7 heteroatoms. The van der Waals surface area contributed by atoms with Crippen LogP contribution in [0.3, 0.4) is 0 Å². The summed E-state index contributed by atoms with van der Waals surface area (Å²) in [5.74, 6) is -0.0618. The zero-order valence-corrected chi connectivity index (χ0v) is 12.1. The van der Waals surface area contributed by atoms with Gasteiger partial charge in [0.15, 0.2) is 0 Å². The Morgan fingerprint density at radius 2 is 2.25 bits per heavy atom. The van der Waals surface area contributed by atoms with Crippen LogP contribution in [-0.4, -0.2) is 53.3 Å². The Morgan fingerprint density at radius 1 is 1.60 bits per heavy atom. The van der Waals surface area contributed by atoms with Gasteiger partial charge in [0, 0.05) is 45.8 Å². The van der Waals surface area contributed by atoms with Gasteiger partial charge in [-0.1, -0.05) is 11.6 Å². The molecule has 2 rings (SSSR count). The molecule has 1 aromatic heterocycles. The Labute approximate surface area is 122 Å². The number of amides is 1.